The van der Waals surface area contributed by atoms with Gasteiger partial charge in [-0.05, 0) is 45.0 Å². The molecule has 0 saturated heterocycles. The number of halogens is 1. The molecule has 3 rings (SSSR count). The molecule has 7 nitrogen and oxygen atoms in total. The van der Waals surface area contributed by atoms with Crippen LogP contribution in [-0.2, 0) is 11.4 Å². The van der Waals surface area contributed by atoms with Crippen molar-refractivity contribution in [3.05, 3.63) is 75.5 Å². The molecule has 0 aliphatic heterocycles. The molecule has 2 N–H and O–H groups in total. The van der Waals surface area contributed by atoms with Gasteiger partial charge in [-0.3, -0.25) is 20.4 Å². The Morgan fingerprint density at radius 2 is 1.81 bits per heavy atom. The Morgan fingerprint density at radius 1 is 1.10 bits per heavy atom. The molecule has 0 fully saturated rings. The maximum Gasteiger partial charge on any atom is 0.281 e. The Hall–Kier alpha value is -3.46. The molecule has 1 aromatic heterocycles. The number of aromatic nitrogens is 1. The molecule has 1 heterocycles. The zero-order valence-corrected chi connectivity index (χ0v) is 18.1. The minimum Gasteiger partial charge on any atom is -0.486 e. The van der Waals surface area contributed by atoms with Gasteiger partial charge in [-0.15, -0.1) is 11.3 Å². The molecule has 0 aliphatic rings. The van der Waals surface area contributed by atoms with E-state index in [-0.39, 0.29) is 12.4 Å². The maximum atomic E-state index is 13.6. The van der Waals surface area contributed by atoms with Gasteiger partial charge in [0, 0.05) is 0 Å². The number of nitrogens with zero attached hydrogens (tertiary/aromatic N) is 1. The van der Waals surface area contributed by atoms with Crippen molar-refractivity contribution in [2.45, 2.75) is 33.5 Å². The van der Waals surface area contributed by atoms with Crippen LogP contribution in [0.4, 0.5) is 4.39 Å². The van der Waals surface area contributed by atoms with Crippen molar-refractivity contribution in [2.24, 2.45) is 0 Å². The molecule has 9 heteroatoms. The summed E-state index contributed by atoms with van der Waals surface area (Å²) in [5, 5.41) is 0.630. The van der Waals surface area contributed by atoms with E-state index < -0.39 is 23.7 Å². The summed E-state index contributed by atoms with van der Waals surface area (Å²) in [6.07, 6.45) is -1.02. The van der Waals surface area contributed by atoms with Gasteiger partial charge in [0.05, 0.1) is 5.69 Å². The quantitative estimate of drug-likeness (QED) is 0.544. The highest BCUT2D eigenvalue weighted by Crippen LogP contribution is 2.21. The van der Waals surface area contributed by atoms with Crippen molar-refractivity contribution in [2.75, 3.05) is 0 Å². The summed E-state index contributed by atoms with van der Waals surface area (Å²) in [4.78, 5) is 29.3. The third kappa shape index (κ3) is 6.02. The van der Waals surface area contributed by atoms with Crippen LogP contribution in [0, 0.1) is 19.7 Å². The summed E-state index contributed by atoms with van der Waals surface area (Å²) >= 11 is 1.17. The average molecular weight is 444 g/mol. The Balaban J connectivity index is 1.52. The number of hydrazine groups is 1. The topological polar surface area (TPSA) is 89.5 Å². The number of para-hydroxylation sites is 1. The molecule has 3 aromatic rings. The van der Waals surface area contributed by atoms with Gasteiger partial charge in [-0.1, -0.05) is 29.8 Å². The molecule has 0 spiro atoms. The highest BCUT2D eigenvalue weighted by molar-refractivity contribution is 7.13. The van der Waals surface area contributed by atoms with Gasteiger partial charge in [-0.2, -0.15) is 0 Å². The lowest BCUT2D eigenvalue weighted by Gasteiger charge is -2.15. The van der Waals surface area contributed by atoms with Crippen molar-refractivity contribution >= 4 is 23.2 Å². The summed E-state index contributed by atoms with van der Waals surface area (Å²) in [5.41, 5.74) is 6.27. The summed E-state index contributed by atoms with van der Waals surface area (Å²) in [6.45, 7) is 5.37. The molecule has 1 atom stereocenters. The van der Waals surface area contributed by atoms with Gasteiger partial charge in [0.1, 0.15) is 22.2 Å². The van der Waals surface area contributed by atoms with Crippen molar-refractivity contribution in [3.63, 3.8) is 0 Å². The highest BCUT2D eigenvalue weighted by atomic mass is 32.1. The third-order valence-corrected chi connectivity index (χ3v) is 5.37. The number of carbonyl (C=O) groups excluding carboxylic acids is 2. The number of benzene rings is 2. The zero-order valence-electron chi connectivity index (χ0n) is 17.3. The van der Waals surface area contributed by atoms with Gasteiger partial charge in [0.15, 0.2) is 17.7 Å². The van der Waals surface area contributed by atoms with Gasteiger partial charge in [0.25, 0.3) is 11.8 Å². The molecular weight excluding hydrogens is 421 g/mol. The molecular formula is C22H22FN3O4S. The van der Waals surface area contributed by atoms with Crippen LogP contribution < -0.4 is 20.3 Å². The highest BCUT2D eigenvalue weighted by Gasteiger charge is 2.20. The van der Waals surface area contributed by atoms with E-state index in [1.54, 1.807) is 13.0 Å². The summed E-state index contributed by atoms with van der Waals surface area (Å²) in [6, 6.07) is 13.4. The minimum absolute atomic E-state index is 0.0482. The lowest BCUT2D eigenvalue weighted by Crippen LogP contribution is -2.47. The fraction of sp³-hybridized carbons (Fsp3) is 0.227. The summed E-state index contributed by atoms with van der Waals surface area (Å²) in [5.74, 6) is -1.05. The Bertz CT molecular complexity index is 1070. The van der Waals surface area contributed by atoms with E-state index in [4.69, 9.17) is 9.47 Å². The molecule has 0 bridgehead atoms. The van der Waals surface area contributed by atoms with E-state index >= 15 is 0 Å². The van der Waals surface area contributed by atoms with Crippen LogP contribution in [0.15, 0.2) is 48.5 Å². The molecule has 0 aliphatic carbocycles. The molecule has 0 saturated carbocycles. The first-order valence-corrected chi connectivity index (χ1v) is 10.3. The predicted molar refractivity (Wildman–Crippen MR) is 114 cm³/mol. The monoisotopic (exact) mass is 443 g/mol. The molecule has 1 unspecified atom stereocenters. The predicted octanol–water partition coefficient (Wildman–Crippen LogP) is 3.71. The van der Waals surface area contributed by atoms with E-state index in [1.807, 2.05) is 31.2 Å². The lowest BCUT2D eigenvalue weighted by atomic mass is 10.2. The second-order valence-corrected chi connectivity index (χ2v) is 7.84. The fourth-order valence-electron chi connectivity index (χ4n) is 2.57. The van der Waals surface area contributed by atoms with E-state index in [2.05, 4.69) is 15.8 Å². The number of hydrogen-bond acceptors (Lipinski definition) is 6. The number of rotatable bonds is 7. The number of carbonyl (C=O) groups is 2. The lowest BCUT2D eigenvalue weighted by molar-refractivity contribution is -0.128. The van der Waals surface area contributed by atoms with Gasteiger partial charge in [-0.25, -0.2) is 9.37 Å². The van der Waals surface area contributed by atoms with Crippen LogP contribution >= 0.6 is 11.3 Å². The Labute approximate surface area is 183 Å². The van der Waals surface area contributed by atoms with Crippen molar-refractivity contribution < 1.29 is 23.5 Å². The maximum absolute atomic E-state index is 13.6. The SMILES string of the molecule is Cc1ccc(OCc2nc(C)c(C(=O)NNC(=O)C(C)Oc3ccccc3F)s2)cc1. The van der Waals surface area contributed by atoms with Gasteiger partial charge < -0.3 is 9.47 Å². The smallest absolute Gasteiger partial charge is 0.281 e. The number of hydrogen-bond donors (Lipinski definition) is 2. The van der Waals surface area contributed by atoms with Crippen molar-refractivity contribution in [1.29, 1.82) is 0 Å². The zero-order chi connectivity index (χ0) is 22.4. The first-order chi connectivity index (χ1) is 14.8. The fourth-order valence-corrected chi connectivity index (χ4v) is 3.44. The molecule has 2 amide bonds. The standard InChI is InChI=1S/C22H22FN3O4S/c1-13-8-10-16(11-9-13)29-12-19-24-14(2)20(31-19)22(28)26-25-21(27)15(3)30-18-7-5-4-6-17(18)23/h4-11,15H,12H2,1-3H3,(H,25,27)(H,26,28). The molecule has 162 valence electrons. The number of ether oxygens (including phenoxy) is 2. The van der Waals surface area contributed by atoms with Crippen molar-refractivity contribution in [3.8, 4) is 11.5 Å². The van der Waals surface area contributed by atoms with E-state index in [0.29, 0.717) is 21.3 Å². The second-order valence-electron chi connectivity index (χ2n) is 6.76. The Morgan fingerprint density at radius 3 is 2.52 bits per heavy atom. The van der Waals surface area contributed by atoms with Gasteiger partial charge in [0.2, 0.25) is 0 Å². The van der Waals surface area contributed by atoms with E-state index in [9.17, 15) is 14.0 Å². The minimum atomic E-state index is -1.02. The number of nitrogens with one attached hydrogen (secondary N) is 2. The van der Waals surface area contributed by atoms with Crippen LogP contribution in [0.5, 0.6) is 11.5 Å². The average Bonchev–Trinajstić information content (AvgIpc) is 3.13. The van der Waals surface area contributed by atoms with Crippen LogP contribution in [0.3, 0.4) is 0 Å². The second kappa shape index (κ2) is 10.0. The van der Waals surface area contributed by atoms with E-state index in [1.165, 1.54) is 36.5 Å². The van der Waals surface area contributed by atoms with Crippen LogP contribution in [0.2, 0.25) is 0 Å². The third-order valence-electron chi connectivity index (χ3n) is 4.24. The largest absolute Gasteiger partial charge is 0.486 e. The molecule has 2 aromatic carbocycles. The first-order valence-electron chi connectivity index (χ1n) is 9.50. The van der Waals surface area contributed by atoms with E-state index in [0.717, 1.165) is 5.56 Å². The normalized spacial score (nSPS) is 11.5. The first kappa shape index (κ1) is 22.2. The molecule has 31 heavy (non-hydrogen) atoms. The summed E-state index contributed by atoms with van der Waals surface area (Å²) in [7, 11) is 0. The van der Waals surface area contributed by atoms with Crippen LogP contribution in [0.25, 0.3) is 0 Å². The number of amides is 2. The Kier molecular flexibility index (Phi) is 7.19. The van der Waals surface area contributed by atoms with Crippen molar-refractivity contribution in [1.82, 2.24) is 15.8 Å². The number of thiazole rings is 1. The van der Waals surface area contributed by atoms with Crippen LogP contribution in [0.1, 0.15) is 32.9 Å². The number of aryl methyl sites for hydroxylation is 2. The summed E-state index contributed by atoms with van der Waals surface area (Å²) < 4.78 is 24.6. The van der Waals surface area contributed by atoms with Crippen LogP contribution in [-0.4, -0.2) is 22.9 Å². The van der Waals surface area contributed by atoms with Gasteiger partial charge >= 0.3 is 0 Å². The molecule has 0 radical (unpaired) electrons.